The maximum absolute atomic E-state index is 11.7. The van der Waals surface area contributed by atoms with Crippen LogP contribution in [0, 0.1) is 13.8 Å². The van der Waals surface area contributed by atoms with E-state index in [2.05, 4.69) is 10.5 Å². The van der Waals surface area contributed by atoms with Crippen LogP contribution in [0.5, 0.6) is 5.75 Å². The molecule has 0 saturated carbocycles. The summed E-state index contributed by atoms with van der Waals surface area (Å²) in [6, 6.07) is 5.18. The van der Waals surface area contributed by atoms with Crippen LogP contribution in [0.15, 0.2) is 34.5 Å². The number of hydrogen-bond acceptors (Lipinski definition) is 7. The van der Waals surface area contributed by atoms with Crippen LogP contribution in [0.1, 0.15) is 18.4 Å². The van der Waals surface area contributed by atoms with E-state index in [1.165, 1.54) is 0 Å². The Morgan fingerprint density at radius 1 is 1.35 bits per heavy atom. The van der Waals surface area contributed by atoms with Gasteiger partial charge in [-0.05, 0) is 39.0 Å². The first-order valence-electron chi connectivity index (χ1n) is 7.87. The number of aliphatic carboxylic acids is 1. The van der Waals surface area contributed by atoms with E-state index < -0.39 is 17.5 Å². The number of aromatic nitrogens is 1. The Bertz CT molecular complexity index is 834. The molecule has 2 aromatic rings. The number of carbonyl (C=O) groups excluding carboxylic acids is 1. The standard InChI is InChI=1S/C18H20N2O6/c1-5-25-18(23)14(17(21)22)9-19-12-6-7-15(24-4)13(8-12)16-10(2)20-26-11(16)3/h6-9,19H,5H2,1-4H3,(H,21,22)/b14-9+. The van der Waals surface area contributed by atoms with Crippen LogP contribution >= 0.6 is 0 Å². The molecule has 0 unspecified atom stereocenters. The zero-order valence-electron chi connectivity index (χ0n) is 15.0. The Balaban J connectivity index is 2.40. The zero-order valence-corrected chi connectivity index (χ0v) is 15.0. The smallest absolute Gasteiger partial charge is 0.347 e. The van der Waals surface area contributed by atoms with Crippen molar-refractivity contribution in [2.75, 3.05) is 19.0 Å². The van der Waals surface area contributed by atoms with Crippen LogP contribution in [0.4, 0.5) is 5.69 Å². The van der Waals surface area contributed by atoms with Crippen molar-refractivity contribution in [3.05, 3.63) is 41.4 Å². The van der Waals surface area contributed by atoms with Crippen molar-refractivity contribution >= 4 is 17.6 Å². The Morgan fingerprint density at radius 3 is 2.62 bits per heavy atom. The quantitative estimate of drug-likeness (QED) is 0.336. The third kappa shape index (κ3) is 4.02. The number of nitrogens with one attached hydrogen (secondary N) is 1. The molecule has 0 spiro atoms. The molecular formula is C18H20N2O6. The van der Waals surface area contributed by atoms with Crippen molar-refractivity contribution in [2.45, 2.75) is 20.8 Å². The van der Waals surface area contributed by atoms with Gasteiger partial charge in [-0.25, -0.2) is 9.59 Å². The average molecular weight is 360 g/mol. The van der Waals surface area contributed by atoms with Gasteiger partial charge in [-0.1, -0.05) is 5.16 Å². The molecule has 138 valence electrons. The molecule has 0 aliphatic heterocycles. The van der Waals surface area contributed by atoms with Gasteiger partial charge < -0.3 is 24.4 Å². The van der Waals surface area contributed by atoms with Crippen molar-refractivity contribution in [1.29, 1.82) is 0 Å². The van der Waals surface area contributed by atoms with Gasteiger partial charge in [-0.2, -0.15) is 0 Å². The van der Waals surface area contributed by atoms with E-state index in [0.29, 0.717) is 22.9 Å². The van der Waals surface area contributed by atoms with E-state index in [0.717, 1.165) is 17.3 Å². The fraction of sp³-hybridized carbons (Fsp3) is 0.278. The summed E-state index contributed by atoms with van der Waals surface area (Å²) in [6.07, 6.45) is 1.10. The SMILES string of the molecule is CCOC(=O)/C(=C/Nc1ccc(OC)c(-c2c(C)noc2C)c1)C(=O)O. The van der Waals surface area contributed by atoms with Crippen molar-refractivity contribution in [2.24, 2.45) is 0 Å². The molecule has 0 radical (unpaired) electrons. The lowest BCUT2D eigenvalue weighted by atomic mass is 10.0. The zero-order chi connectivity index (χ0) is 19.3. The van der Waals surface area contributed by atoms with Gasteiger partial charge in [0, 0.05) is 17.5 Å². The second kappa shape index (κ2) is 8.19. The van der Waals surface area contributed by atoms with Crippen LogP contribution in [0.2, 0.25) is 0 Å². The topological polar surface area (TPSA) is 111 Å². The van der Waals surface area contributed by atoms with Crippen molar-refractivity contribution in [1.82, 2.24) is 5.16 Å². The second-order valence-electron chi connectivity index (χ2n) is 5.34. The molecular weight excluding hydrogens is 340 g/mol. The number of ether oxygens (including phenoxy) is 2. The van der Waals surface area contributed by atoms with Crippen molar-refractivity contribution in [3.8, 4) is 16.9 Å². The van der Waals surface area contributed by atoms with Gasteiger partial charge in [0.15, 0.2) is 5.57 Å². The van der Waals surface area contributed by atoms with Gasteiger partial charge in [0.05, 0.1) is 25.0 Å². The number of methoxy groups -OCH3 is 1. The fourth-order valence-corrected chi connectivity index (χ4v) is 2.43. The molecule has 0 fully saturated rings. The number of nitrogens with zero attached hydrogens (tertiary/aromatic N) is 1. The number of aryl methyl sites for hydroxylation is 2. The lowest BCUT2D eigenvalue weighted by Crippen LogP contribution is -2.16. The van der Waals surface area contributed by atoms with Gasteiger partial charge in [-0.15, -0.1) is 0 Å². The summed E-state index contributed by atoms with van der Waals surface area (Å²) in [5.41, 5.74) is 2.28. The fourth-order valence-electron chi connectivity index (χ4n) is 2.43. The molecule has 0 amide bonds. The number of anilines is 1. The Hall–Kier alpha value is -3.29. The molecule has 26 heavy (non-hydrogen) atoms. The summed E-state index contributed by atoms with van der Waals surface area (Å²) >= 11 is 0. The minimum atomic E-state index is -1.38. The lowest BCUT2D eigenvalue weighted by molar-refractivity contribution is -0.143. The van der Waals surface area contributed by atoms with Crippen LogP contribution in [-0.2, 0) is 14.3 Å². The molecule has 2 N–H and O–H groups in total. The number of carboxylic acids is 1. The molecule has 1 aromatic carbocycles. The molecule has 0 saturated heterocycles. The van der Waals surface area contributed by atoms with Crippen LogP contribution in [0.3, 0.4) is 0 Å². The van der Waals surface area contributed by atoms with Gasteiger partial charge in [0.1, 0.15) is 11.5 Å². The first-order chi connectivity index (χ1) is 12.4. The first kappa shape index (κ1) is 19.0. The minimum absolute atomic E-state index is 0.0855. The van der Waals surface area contributed by atoms with Gasteiger partial charge in [-0.3, -0.25) is 0 Å². The van der Waals surface area contributed by atoms with E-state index in [-0.39, 0.29) is 6.61 Å². The highest BCUT2D eigenvalue weighted by atomic mass is 16.5. The van der Waals surface area contributed by atoms with Crippen molar-refractivity contribution in [3.63, 3.8) is 0 Å². The number of carbonyl (C=O) groups is 2. The summed E-state index contributed by atoms with van der Waals surface area (Å²) in [7, 11) is 1.55. The summed E-state index contributed by atoms with van der Waals surface area (Å²) in [4.78, 5) is 22.9. The van der Waals surface area contributed by atoms with Crippen molar-refractivity contribution < 1.29 is 28.7 Å². The summed E-state index contributed by atoms with van der Waals surface area (Å²) in [5.74, 6) is -1.05. The molecule has 1 heterocycles. The lowest BCUT2D eigenvalue weighted by Gasteiger charge is -2.11. The maximum Gasteiger partial charge on any atom is 0.347 e. The molecule has 0 bridgehead atoms. The third-order valence-corrected chi connectivity index (χ3v) is 3.61. The van der Waals surface area contributed by atoms with Crippen LogP contribution < -0.4 is 10.1 Å². The van der Waals surface area contributed by atoms with E-state index in [1.54, 1.807) is 39.2 Å². The number of benzene rings is 1. The third-order valence-electron chi connectivity index (χ3n) is 3.61. The summed E-state index contributed by atoms with van der Waals surface area (Å²) < 4.78 is 15.3. The normalized spacial score (nSPS) is 11.2. The largest absolute Gasteiger partial charge is 0.496 e. The molecule has 1 aromatic heterocycles. The van der Waals surface area contributed by atoms with E-state index in [4.69, 9.17) is 19.1 Å². The first-order valence-corrected chi connectivity index (χ1v) is 7.87. The van der Waals surface area contributed by atoms with E-state index >= 15 is 0 Å². The van der Waals surface area contributed by atoms with Crippen LogP contribution in [-0.4, -0.2) is 35.9 Å². The predicted molar refractivity (Wildman–Crippen MR) is 93.9 cm³/mol. The highest BCUT2D eigenvalue weighted by Crippen LogP contribution is 2.36. The monoisotopic (exact) mass is 360 g/mol. The van der Waals surface area contributed by atoms with E-state index in [1.807, 2.05) is 6.92 Å². The van der Waals surface area contributed by atoms with Gasteiger partial charge >= 0.3 is 11.9 Å². The Kier molecular flexibility index (Phi) is 6.00. The molecule has 2 rings (SSSR count). The minimum Gasteiger partial charge on any atom is -0.496 e. The maximum atomic E-state index is 11.7. The Morgan fingerprint density at radius 2 is 2.08 bits per heavy atom. The summed E-state index contributed by atoms with van der Waals surface area (Å²) in [5, 5.41) is 15.9. The molecule has 8 nitrogen and oxygen atoms in total. The summed E-state index contributed by atoms with van der Waals surface area (Å²) in [6.45, 7) is 5.29. The predicted octanol–water partition coefficient (Wildman–Crippen LogP) is 2.91. The molecule has 0 atom stereocenters. The van der Waals surface area contributed by atoms with Gasteiger partial charge in [0.25, 0.3) is 0 Å². The average Bonchev–Trinajstić information content (AvgIpc) is 2.93. The highest BCUT2D eigenvalue weighted by Gasteiger charge is 2.19. The molecule has 8 heteroatoms. The number of rotatable bonds is 7. The number of esters is 1. The Labute approximate surface area is 150 Å². The number of hydrogen-bond donors (Lipinski definition) is 2. The second-order valence-corrected chi connectivity index (χ2v) is 5.34. The van der Waals surface area contributed by atoms with E-state index in [9.17, 15) is 9.59 Å². The molecule has 0 aliphatic rings. The van der Waals surface area contributed by atoms with Crippen LogP contribution in [0.25, 0.3) is 11.1 Å². The number of carboxylic acid groups (broad SMARTS) is 1. The molecule has 0 aliphatic carbocycles. The highest BCUT2D eigenvalue weighted by molar-refractivity contribution is 6.13. The van der Waals surface area contributed by atoms with Gasteiger partial charge in [0.2, 0.25) is 0 Å².